The van der Waals surface area contributed by atoms with Crippen molar-refractivity contribution in [3.05, 3.63) is 104 Å². The Kier molecular flexibility index (Phi) is 5.64. The molecule has 0 radical (unpaired) electrons. The molecule has 9 nitrogen and oxygen atoms in total. The van der Waals surface area contributed by atoms with Crippen LogP contribution in [0.5, 0.6) is 11.5 Å². The van der Waals surface area contributed by atoms with Crippen LogP contribution in [0.15, 0.2) is 81.4 Å². The second-order valence-corrected chi connectivity index (χ2v) is 10.8. The van der Waals surface area contributed by atoms with Gasteiger partial charge in [-0.2, -0.15) is 0 Å². The maximum atomic E-state index is 13.7. The van der Waals surface area contributed by atoms with E-state index in [9.17, 15) is 24.3 Å². The molecule has 3 aromatic rings. The van der Waals surface area contributed by atoms with Gasteiger partial charge in [0.15, 0.2) is 11.6 Å². The summed E-state index contributed by atoms with van der Waals surface area (Å²) in [6.07, 6.45) is 3.46. The van der Waals surface area contributed by atoms with Crippen molar-refractivity contribution in [2.24, 2.45) is 18.4 Å². The summed E-state index contributed by atoms with van der Waals surface area (Å²) in [5.41, 5.74) is 0.466. The second-order valence-electron chi connectivity index (χ2n) is 10.8. The van der Waals surface area contributed by atoms with Gasteiger partial charge in [-0.1, -0.05) is 49.4 Å². The fraction of sp³-hybridized carbons (Fsp3) is 0.333. The normalized spacial score (nSPS) is 25.8. The largest absolute Gasteiger partial charge is 0.508 e. The highest BCUT2D eigenvalue weighted by atomic mass is 16.5. The smallest absolute Gasteiger partial charge is 0.347 e. The van der Waals surface area contributed by atoms with Crippen LogP contribution in [0.25, 0.3) is 0 Å². The zero-order valence-corrected chi connectivity index (χ0v) is 22.0. The third-order valence-corrected chi connectivity index (χ3v) is 8.69. The van der Waals surface area contributed by atoms with E-state index in [0.717, 1.165) is 15.7 Å². The van der Waals surface area contributed by atoms with Gasteiger partial charge in [-0.3, -0.25) is 9.59 Å². The van der Waals surface area contributed by atoms with Gasteiger partial charge < -0.3 is 9.84 Å². The number of rotatable bonds is 4. The van der Waals surface area contributed by atoms with Crippen LogP contribution < -0.4 is 16.1 Å². The van der Waals surface area contributed by atoms with Crippen LogP contribution in [0, 0.1) is 11.3 Å². The summed E-state index contributed by atoms with van der Waals surface area (Å²) in [7, 11) is 1.43. The molecule has 6 rings (SSSR count). The van der Waals surface area contributed by atoms with Gasteiger partial charge in [0.25, 0.3) is 0 Å². The molecule has 2 aliphatic carbocycles. The number of carbonyl (C=O) groups excluding carboxylic acids is 2. The highest BCUT2D eigenvalue weighted by Crippen LogP contribution is 2.60. The molecule has 0 spiro atoms. The van der Waals surface area contributed by atoms with Gasteiger partial charge in [0, 0.05) is 30.5 Å². The predicted octanol–water partition coefficient (Wildman–Crippen LogP) is 3.02. The van der Waals surface area contributed by atoms with Crippen LogP contribution in [0.4, 0.5) is 0 Å². The molecule has 0 bridgehead atoms. The predicted molar refractivity (Wildman–Crippen MR) is 143 cm³/mol. The summed E-state index contributed by atoms with van der Waals surface area (Å²) < 4.78 is 9.72. The van der Waals surface area contributed by atoms with Crippen LogP contribution in [-0.4, -0.2) is 30.6 Å². The Hall–Kier alpha value is -4.40. The molecule has 0 unspecified atom stereocenters. The number of phenols is 1. The molecular weight excluding hydrogens is 498 g/mol. The zero-order valence-electron chi connectivity index (χ0n) is 22.0. The number of benzene rings is 2. The average Bonchev–Trinajstić information content (AvgIpc) is 3.15. The molecule has 9 heteroatoms. The van der Waals surface area contributed by atoms with Crippen LogP contribution in [0.1, 0.15) is 43.4 Å². The number of hydrogen-bond donors (Lipinski definition) is 1. The summed E-state index contributed by atoms with van der Waals surface area (Å²) in [6.45, 7) is 3.87. The van der Waals surface area contributed by atoms with E-state index in [2.05, 4.69) is 0 Å². The van der Waals surface area contributed by atoms with Crippen LogP contribution in [0.3, 0.4) is 0 Å². The number of nitrogens with zero attached hydrogens (tertiary/aromatic N) is 3. The summed E-state index contributed by atoms with van der Waals surface area (Å²) in [5.74, 6) is -1.39. The number of aromatic hydroxyl groups is 1. The highest BCUT2D eigenvalue weighted by Gasteiger charge is 2.59. The van der Waals surface area contributed by atoms with Crippen molar-refractivity contribution >= 4 is 11.6 Å². The molecule has 1 saturated carbocycles. The summed E-state index contributed by atoms with van der Waals surface area (Å²) in [5, 5.41) is 11.3. The number of allylic oxidation sites excluding steroid dienone is 4. The Balaban J connectivity index is 1.47. The Morgan fingerprint density at radius 3 is 2.51 bits per heavy atom. The molecule has 2 heterocycles. The van der Waals surface area contributed by atoms with Crippen molar-refractivity contribution in [2.75, 3.05) is 0 Å². The number of ether oxygens (including phenoxy) is 1. The number of fused-ring (bicyclic) bond motifs is 4. The van der Waals surface area contributed by atoms with E-state index in [1.807, 2.05) is 36.4 Å². The van der Waals surface area contributed by atoms with Gasteiger partial charge >= 0.3 is 11.4 Å². The molecule has 0 saturated heterocycles. The quantitative estimate of drug-likeness (QED) is 0.522. The highest BCUT2D eigenvalue weighted by molar-refractivity contribution is 6.13. The molecule has 2 aromatic carbocycles. The number of phenolic OH excluding ortho intramolecular Hbond substituents is 1. The van der Waals surface area contributed by atoms with Gasteiger partial charge in [-0.15, -0.1) is 0 Å². The lowest BCUT2D eigenvalue weighted by molar-refractivity contribution is -0.139. The van der Waals surface area contributed by atoms with E-state index >= 15 is 0 Å². The molecular formula is C30H29N3O6. The third kappa shape index (κ3) is 3.60. The zero-order chi connectivity index (χ0) is 27.6. The standard InChI is InChI=1S/C30H29N3O6/c1-17-13-25(35)30(2)22(27(17)36)15-23-20(11-12-32-28(37)31(3)29(38)33(23)32)26(30)21-10-9-19(14-24(21)34)39-16-18-7-5-4-6-8-18/h4-11,13-14,22-23,26,34H,12,15-16H2,1-3H3/t22-,23+,26+,30-/m0/s1. The monoisotopic (exact) mass is 527 g/mol. The van der Waals surface area contributed by atoms with E-state index in [4.69, 9.17) is 4.74 Å². The van der Waals surface area contributed by atoms with Gasteiger partial charge in [-0.25, -0.2) is 23.5 Å². The van der Waals surface area contributed by atoms with Gasteiger partial charge in [-0.05, 0) is 42.2 Å². The summed E-state index contributed by atoms with van der Waals surface area (Å²) in [4.78, 5) is 53.0. The Morgan fingerprint density at radius 2 is 1.79 bits per heavy atom. The van der Waals surface area contributed by atoms with E-state index in [0.29, 0.717) is 23.5 Å². The van der Waals surface area contributed by atoms with Crippen molar-refractivity contribution < 1.29 is 19.4 Å². The lowest BCUT2D eigenvalue weighted by atomic mass is 9.51. The first-order valence-electron chi connectivity index (χ1n) is 13.0. The van der Waals surface area contributed by atoms with Crippen molar-refractivity contribution in [3.63, 3.8) is 0 Å². The van der Waals surface area contributed by atoms with E-state index in [-0.39, 0.29) is 30.3 Å². The lowest BCUT2D eigenvalue weighted by Gasteiger charge is -2.52. The van der Waals surface area contributed by atoms with Crippen LogP contribution in [0.2, 0.25) is 0 Å². The van der Waals surface area contributed by atoms with Crippen molar-refractivity contribution in [3.8, 4) is 11.5 Å². The first-order valence-corrected chi connectivity index (χ1v) is 13.0. The van der Waals surface area contributed by atoms with Gasteiger partial charge in [0.05, 0.1) is 18.0 Å². The van der Waals surface area contributed by atoms with Crippen molar-refractivity contribution in [2.45, 2.75) is 45.4 Å². The molecule has 39 heavy (non-hydrogen) atoms. The fourth-order valence-electron chi connectivity index (χ4n) is 6.59. The van der Waals surface area contributed by atoms with E-state index in [1.54, 1.807) is 26.0 Å². The number of ketones is 2. The first-order chi connectivity index (χ1) is 18.6. The number of hydrogen-bond acceptors (Lipinski definition) is 6. The molecule has 4 atom stereocenters. The van der Waals surface area contributed by atoms with Crippen molar-refractivity contribution in [1.29, 1.82) is 0 Å². The summed E-state index contributed by atoms with van der Waals surface area (Å²) in [6, 6.07) is 14.0. The fourth-order valence-corrected chi connectivity index (χ4v) is 6.59. The van der Waals surface area contributed by atoms with Crippen molar-refractivity contribution in [1.82, 2.24) is 13.9 Å². The number of carbonyl (C=O) groups is 2. The van der Waals surface area contributed by atoms with Gasteiger partial charge in [0.1, 0.15) is 18.1 Å². The minimum absolute atomic E-state index is 0.0676. The molecule has 3 aliphatic rings. The third-order valence-electron chi connectivity index (χ3n) is 8.69. The average molecular weight is 528 g/mol. The second kappa shape index (κ2) is 8.83. The molecule has 0 amide bonds. The summed E-state index contributed by atoms with van der Waals surface area (Å²) >= 11 is 0. The maximum absolute atomic E-state index is 13.7. The van der Waals surface area contributed by atoms with E-state index < -0.39 is 34.7 Å². The minimum Gasteiger partial charge on any atom is -0.508 e. The molecule has 1 aliphatic heterocycles. The number of aromatic nitrogens is 3. The lowest BCUT2D eigenvalue weighted by Crippen LogP contribution is -2.54. The topological polar surface area (TPSA) is 113 Å². The van der Waals surface area contributed by atoms with Gasteiger partial charge in [0.2, 0.25) is 0 Å². The maximum Gasteiger partial charge on any atom is 0.347 e. The molecule has 200 valence electrons. The van der Waals surface area contributed by atoms with Crippen LogP contribution >= 0.6 is 0 Å². The Bertz CT molecular complexity index is 1710. The van der Waals surface area contributed by atoms with E-state index in [1.165, 1.54) is 28.6 Å². The first kappa shape index (κ1) is 24.9. The Labute approximate surface area is 224 Å². The molecule has 1 N–H and O–H groups in total. The molecule has 1 fully saturated rings. The SMILES string of the molecule is CC1=CC(=O)[C@@]2(C)[C@@H](c3ccc(OCc4ccccc4)cc3O)C3=CCn4c(=O)n(C)c(=O)n4[C@@H]3C[C@H]2C1=O. The molecule has 1 aromatic heterocycles. The van der Waals surface area contributed by atoms with Crippen LogP contribution in [-0.2, 0) is 29.8 Å². The minimum atomic E-state index is -1.18. The Morgan fingerprint density at radius 1 is 1.05 bits per heavy atom. The number of Topliss-reactive ketones (excluding diaryl/α,β-unsaturated/α-hetero) is 1.